The van der Waals surface area contributed by atoms with Gasteiger partial charge in [0, 0.05) is 16.5 Å². The minimum Gasteiger partial charge on any atom is -0.344 e. The largest absolute Gasteiger partial charge is 0.344 e. The van der Waals surface area contributed by atoms with E-state index in [1.165, 1.54) is 0 Å². The predicted octanol–water partition coefficient (Wildman–Crippen LogP) is 2.65. The first-order valence-corrected chi connectivity index (χ1v) is 7.61. The Kier molecular flexibility index (Phi) is 7.72. The number of halogens is 2. The SMILES string of the molecule is CCCC[C@H](N)C(=O)N[C@H]([C]=O)Cc1cc(Cl)ccc1Cl. The molecule has 3 N–H and O–H groups in total. The number of amides is 1. The summed E-state index contributed by atoms with van der Waals surface area (Å²) in [6, 6.07) is 3.57. The molecule has 1 aromatic carbocycles. The second-order valence-electron chi connectivity index (χ2n) is 4.87. The van der Waals surface area contributed by atoms with Crippen molar-refractivity contribution in [3.8, 4) is 0 Å². The molecule has 0 saturated carbocycles. The number of carbonyl (C=O) groups is 1. The van der Waals surface area contributed by atoms with Crippen molar-refractivity contribution in [2.24, 2.45) is 5.73 Å². The number of hydrogen-bond acceptors (Lipinski definition) is 3. The van der Waals surface area contributed by atoms with Crippen molar-refractivity contribution in [2.75, 3.05) is 0 Å². The Morgan fingerprint density at radius 3 is 2.76 bits per heavy atom. The second kappa shape index (κ2) is 9.03. The molecule has 0 unspecified atom stereocenters. The van der Waals surface area contributed by atoms with Gasteiger partial charge >= 0.3 is 0 Å². The summed E-state index contributed by atoms with van der Waals surface area (Å²) in [6.45, 7) is 2.02. The molecule has 0 bridgehead atoms. The highest BCUT2D eigenvalue weighted by Gasteiger charge is 2.19. The zero-order valence-corrected chi connectivity index (χ0v) is 13.4. The Hall–Kier alpha value is -1.10. The normalized spacial score (nSPS) is 13.5. The minimum atomic E-state index is -0.791. The third kappa shape index (κ3) is 6.04. The van der Waals surface area contributed by atoms with E-state index < -0.39 is 12.1 Å². The molecule has 0 aliphatic carbocycles. The molecule has 21 heavy (non-hydrogen) atoms. The molecule has 1 aromatic rings. The molecule has 4 nitrogen and oxygen atoms in total. The van der Waals surface area contributed by atoms with Crippen molar-refractivity contribution < 1.29 is 9.59 Å². The summed E-state index contributed by atoms with van der Waals surface area (Å²) in [5.41, 5.74) is 6.45. The Morgan fingerprint density at radius 2 is 2.14 bits per heavy atom. The number of carbonyl (C=O) groups excluding carboxylic acids is 2. The number of benzene rings is 1. The van der Waals surface area contributed by atoms with Gasteiger partial charge in [0.2, 0.25) is 12.2 Å². The lowest BCUT2D eigenvalue weighted by Gasteiger charge is -2.16. The summed E-state index contributed by atoms with van der Waals surface area (Å²) in [5, 5.41) is 3.59. The molecule has 0 saturated heterocycles. The van der Waals surface area contributed by atoms with Crippen molar-refractivity contribution >= 4 is 35.4 Å². The number of rotatable bonds is 8. The molecule has 1 radical (unpaired) electrons. The fraction of sp³-hybridized carbons (Fsp3) is 0.467. The minimum absolute atomic E-state index is 0.231. The first-order valence-electron chi connectivity index (χ1n) is 6.85. The van der Waals surface area contributed by atoms with Crippen LogP contribution in [-0.4, -0.2) is 24.3 Å². The van der Waals surface area contributed by atoms with Gasteiger partial charge in [0.25, 0.3) is 0 Å². The first-order chi connectivity index (χ1) is 9.97. The van der Waals surface area contributed by atoms with E-state index in [4.69, 9.17) is 28.9 Å². The topological polar surface area (TPSA) is 72.2 Å². The zero-order valence-electron chi connectivity index (χ0n) is 11.9. The number of hydrogen-bond donors (Lipinski definition) is 2. The van der Waals surface area contributed by atoms with E-state index in [1.54, 1.807) is 24.5 Å². The van der Waals surface area contributed by atoms with Gasteiger partial charge in [0.05, 0.1) is 12.1 Å². The van der Waals surface area contributed by atoms with E-state index in [2.05, 4.69) is 5.32 Å². The van der Waals surface area contributed by atoms with Gasteiger partial charge in [0.1, 0.15) is 0 Å². The van der Waals surface area contributed by atoms with Gasteiger partial charge in [-0.3, -0.25) is 9.59 Å². The zero-order chi connectivity index (χ0) is 15.8. The maximum absolute atomic E-state index is 11.9. The molecule has 0 aromatic heterocycles. The van der Waals surface area contributed by atoms with Crippen LogP contribution in [0.15, 0.2) is 18.2 Å². The maximum Gasteiger partial charge on any atom is 0.237 e. The van der Waals surface area contributed by atoms with Crippen LogP contribution in [0.5, 0.6) is 0 Å². The van der Waals surface area contributed by atoms with Crippen LogP contribution in [0.3, 0.4) is 0 Å². The number of unbranched alkanes of at least 4 members (excludes halogenated alkanes) is 1. The van der Waals surface area contributed by atoms with Crippen LogP contribution in [0.4, 0.5) is 0 Å². The van der Waals surface area contributed by atoms with Crippen molar-refractivity contribution in [3.63, 3.8) is 0 Å². The van der Waals surface area contributed by atoms with E-state index in [0.29, 0.717) is 22.0 Å². The Morgan fingerprint density at radius 1 is 1.43 bits per heavy atom. The smallest absolute Gasteiger partial charge is 0.237 e. The summed E-state index contributed by atoms with van der Waals surface area (Å²) in [7, 11) is 0. The van der Waals surface area contributed by atoms with E-state index >= 15 is 0 Å². The third-order valence-corrected chi connectivity index (χ3v) is 3.70. The van der Waals surface area contributed by atoms with Crippen LogP contribution >= 0.6 is 23.2 Å². The van der Waals surface area contributed by atoms with E-state index in [9.17, 15) is 9.59 Å². The average molecular weight is 330 g/mol. The fourth-order valence-corrected chi connectivity index (χ4v) is 2.27. The lowest BCUT2D eigenvalue weighted by atomic mass is 10.1. The summed E-state index contributed by atoms with van der Waals surface area (Å²) in [6.07, 6.45) is 4.45. The standard InChI is InChI=1S/C15H19Cl2N2O2/c1-2-3-4-14(18)15(21)19-12(9-20)8-10-7-11(16)5-6-13(10)17/h5-7,12,14H,2-4,8,18H2,1H3,(H,19,21)/t12-,14-/m0/s1. The van der Waals surface area contributed by atoms with Crippen LogP contribution < -0.4 is 11.1 Å². The number of nitrogens with one attached hydrogen (secondary N) is 1. The lowest BCUT2D eigenvalue weighted by molar-refractivity contribution is -0.122. The number of nitrogens with two attached hydrogens (primary N) is 1. The predicted molar refractivity (Wildman–Crippen MR) is 85.3 cm³/mol. The first kappa shape index (κ1) is 18.0. The molecule has 0 fully saturated rings. The van der Waals surface area contributed by atoms with Gasteiger partial charge in [-0.25, -0.2) is 0 Å². The summed E-state index contributed by atoms with van der Waals surface area (Å²) >= 11 is 11.9. The average Bonchev–Trinajstić information content (AvgIpc) is 2.47. The van der Waals surface area contributed by atoms with Crippen LogP contribution in [-0.2, 0) is 16.0 Å². The summed E-state index contributed by atoms with van der Waals surface area (Å²) in [4.78, 5) is 22.9. The van der Waals surface area contributed by atoms with Gasteiger partial charge in [-0.2, -0.15) is 0 Å². The lowest BCUT2D eigenvalue weighted by Crippen LogP contribution is -2.46. The van der Waals surface area contributed by atoms with Gasteiger partial charge in [-0.1, -0.05) is 43.0 Å². The van der Waals surface area contributed by atoms with Crippen molar-refractivity contribution in [3.05, 3.63) is 33.8 Å². The summed E-state index contributed by atoms with van der Waals surface area (Å²) < 4.78 is 0. The van der Waals surface area contributed by atoms with Crippen LogP contribution in [0.2, 0.25) is 10.0 Å². The quantitative estimate of drug-likeness (QED) is 0.770. The summed E-state index contributed by atoms with van der Waals surface area (Å²) in [5.74, 6) is -0.352. The van der Waals surface area contributed by atoms with Crippen molar-refractivity contribution in [2.45, 2.75) is 44.7 Å². The van der Waals surface area contributed by atoms with Gasteiger partial charge in [0.15, 0.2) is 0 Å². The monoisotopic (exact) mass is 329 g/mol. The van der Waals surface area contributed by atoms with E-state index in [-0.39, 0.29) is 12.3 Å². The van der Waals surface area contributed by atoms with Crippen LogP contribution in [0, 0.1) is 0 Å². The van der Waals surface area contributed by atoms with E-state index in [1.807, 2.05) is 6.92 Å². The molecule has 115 valence electrons. The van der Waals surface area contributed by atoms with Gasteiger partial charge in [-0.05, 0) is 30.2 Å². The fourth-order valence-electron chi connectivity index (χ4n) is 1.88. The van der Waals surface area contributed by atoms with Crippen molar-refractivity contribution in [1.82, 2.24) is 5.32 Å². The van der Waals surface area contributed by atoms with Crippen molar-refractivity contribution in [1.29, 1.82) is 0 Å². The second-order valence-corrected chi connectivity index (χ2v) is 5.71. The Bertz CT molecular complexity index is 495. The molecule has 0 heterocycles. The van der Waals surface area contributed by atoms with Crippen LogP contribution in [0.25, 0.3) is 0 Å². The molecular weight excluding hydrogens is 311 g/mol. The van der Waals surface area contributed by atoms with Gasteiger partial charge in [-0.15, -0.1) is 0 Å². The molecule has 0 spiro atoms. The molecular formula is C15H19Cl2N2O2. The Labute approximate surface area is 135 Å². The van der Waals surface area contributed by atoms with Crippen LogP contribution in [0.1, 0.15) is 31.7 Å². The molecule has 2 atom stereocenters. The highest BCUT2D eigenvalue weighted by Crippen LogP contribution is 2.21. The molecule has 0 aliphatic heterocycles. The molecule has 0 aliphatic rings. The van der Waals surface area contributed by atoms with Gasteiger partial charge < -0.3 is 11.1 Å². The maximum atomic E-state index is 11.9. The third-order valence-electron chi connectivity index (χ3n) is 3.10. The Balaban J connectivity index is 2.65. The highest BCUT2D eigenvalue weighted by molar-refractivity contribution is 6.33. The highest BCUT2D eigenvalue weighted by atomic mass is 35.5. The molecule has 1 amide bonds. The molecule has 6 heteroatoms. The van der Waals surface area contributed by atoms with E-state index in [0.717, 1.165) is 12.8 Å². The molecule has 1 rings (SSSR count).